The molecule has 0 saturated carbocycles. The van der Waals surface area contributed by atoms with Gasteiger partial charge >= 0.3 is 40.1 Å². The van der Waals surface area contributed by atoms with Crippen molar-refractivity contribution >= 4 is 21.2 Å². The van der Waals surface area contributed by atoms with Crippen LogP contribution in [-0.2, 0) is 18.9 Å². The summed E-state index contributed by atoms with van der Waals surface area (Å²) in [6.07, 6.45) is 0. The Balaban J connectivity index is 0.000000289. The van der Waals surface area contributed by atoms with Crippen LogP contribution < -0.4 is 0 Å². The van der Waals surface area contributed by atoms with Crippen molar-refractivity contribution in [3.05, 3.63) is 57.6 Å². The molecule has 0 N–H and O–H groups in total. The van der Waals surface area contributed by atoms with E-state index in [2.05, 4.69) is 70.0 Å². The molecule has 0 heterocycles. The monoisotopic (exact) mass is 388 g/mol. The number of hydrogen-bond acceptors (Lipinski definition) is 0. The number of hydrogen-bond donors (Lipinski definition) is 0. The van der Waals surface area contributed by atoms with Crippen LogP contribution in [0.1, 0.15) is 33.4 Å². The molecule has 0 spiro atoms. The summed E-state index contributed by atoms with van der Waals surface area (Å²) in [4.78, 5) is 0. The standard InChI is InChI=1S/2C8H11.CH2.2ClH.Zr/c2*1-6-4-7(2)8(3)5-6;;;;/h2*4-5H,1-3H3;1H2;2*1H;/q2*-1;;;;+2/p-2. The third-order valence-corrected chi connectivity index (χ3v) is 3.02. The average molecular weight is 391 g/mol. The van der Waals surface area contributed by atoms with Gasteiger partial charge in [0.15, 0.2) is 0 Å². The molecule has 0 saturated heterocycles. The molecule has 2 aromatic rings. The molecule has 0 fully saturated rings. The summed E-state index contributed by atoms with van der Waals surface area (Å²) in [6.45, 7) is 12.8. The zero-order valence-electron chi connectivity index (χ0n) is 13.3. The summed E-state index contributed by atoms with van der Waals surface area (Å²) in [5.74, 6) is 0. The molecular weight excluding hydrogens is 366 g/mol. The van der Waals surface area contributed by atoms with Crippen molar-refractivity contribution in [3.63, 3.8) is 0 Å². The first kappa shape index (κ1) is 20.0. The van der Waals surface area contributed by atoms with Crippen LogP contribution in [0.4, 0.5) is 0 Å². The van der Waals surface area contributed by atoms with E-state index in [1.807, 2.05) is 0 Å². The van der Waals surface area contributed by atoms with Gasteiger partial charge in [0.25, 0.3) is 0 Å². The maximum atomic E-state index is 5.13. The molecule has 0 aliphatic rings. The van der Waals surface area contributed by atoms with Gasteiger partial charge in [0.2, 0.25) is 0 Å². The summed E-state index contributed by atoms with van der Waals surface area (Å²) in [6, 6.07) is 8.81. The van der Waals surface area contributed by atoms with Crippen molar-refractivity contribution in [1.29, 1.82) is 0 Å². The predicted molar refractivity (Wildman–Crippen MR) is 91.3 cm³/mol. The molecule has 2 aromatic carbocycles. The molecule has 112 valence electrons. The first-order valence-electron chi connectivity index (χ1n) is 6.54. The fourth-order valence-corrected chi connectivity index (χ4v) is 1.90. The van der Waals surface area contributed by atoms with E-state index in [0.29, 0.717) is 0 Å². The van der Waals surface area contributed by atoms with E-state index in [9.17, 15) is 0 Å². The molecule has 0 aliphatic carbocycles. The molecule has 2 rings (SSSR count). The van der Waals surface area contributed by atoms with Crippen LogP contribution in [0.25, 0.3) is 0 Å². The first-order valence-corrected chi connectivity index (χ1v) is 14.6. The quantitative estimate of drug-likeness (QED) is 0.484. The van der Waals surface area contributed by atoms with E-state index in [4.69, 9.17) is 17.0 Å². The Kier molecular flexibility index (Phi) is 9.89. The summed E-state index contributed by atoms with van der Waals surface area (Å²) in [5, 5.41) is 0. The number of halogens is 2. The van der Waals surface area contributed by atoms with Gasteiger partial charge in [0, 0.05) is 0 Å². The fraction of sp³-hybridized carbons (Fsp3) is 0.353. The minimum atomic E-state index is -1.85. The van der Waals surface area contributed by atoms with Crippen molar-refractivity contribution in [2.24, 2.45) is 0 Å². The Morgan fingerprint density at radius 2 is 1.05 bits per heavy atom. The Labute approximate surface area is 138 Å². The molecule has 3 heteroatoms. The summed E-state index contributed by atoms with van der Waals surface area (Å²) in [7, 11) is 10.3. The molecule has 0 unspecified atom stereocenters. The predicted octanol–water partition coefficient (Wildman–Crippen LogP) is 6.01. The normalized spacial score (nSPS) is 9.20. The van der Waals surface area contributed by atoms with Gasteiger partial charge in [0.05, 0.1) is 0 Å². The summed E-state index contributed by atoms with van der Waals surface area (Å²) >= 11 is -1.85. The topological polar surface area (TPSA) is 0 Å². The van der Waals surface area contributed by atoms with Crippen LogP contribution >= 0.6 is 17.0 Å². The van der Waals surface area contributed by atoms with Crippen LogP contribution in [-0.4, -0.2) is 4.21 Å². The average Bonchev–Trinajstić information content (AvgIpc) is 2.70. The first-order chi connectivity index (χ1) is 9.13. The molecule has 0 radical (unpaired) electrons. The molecule has 0 nitrogen and oxygen atoms in total. The van der Waals surface area contributed by atoms with Gasteiger partial charge in [-0.25, -0.2) is 12.1 Å². The third-order valence-electron chi connectivity index (χ3n) is 3.02. The van der Waals surface area contributed by atoms with Gasteiger partial charge in [-0.05, 0) is 0 Å². The Hall–Kier alpha value is 0.0331. The fourth-order valence-electron chi connectivity index (χ4n) is 1.90. The van der Waals surface area contributed by atoms with E-state index >= 15 is 0 Å². The zero-order valence-corrected chi connectivity index (χ0v) is 17.2. The Morgan fingerprint density at radius 1 is 0.800 bits per heavy atom. The Bertz CT molecular complexity index is 460. The summed E-state index contributed by atoms with van der Waals surface area (Å²) in [5.41, 5.74) is 8.37. The van der Waals surface area contributed by atoms with Gasteiger partial charge in [-0.2, -0.15) is 45.5 Å². The molecule has 0 amide bonds. The van der Waals surface area contributed by atoms with Crippen molar-refractivity contribution in [3.8, 4) is 0 Å². The molecular formula is C17H24Cl2Zr-2. The van der Waals surface area contributed by atoms with Gasteiger partial charge in [-0.3, -0.25) is 0 Å². The van der Waals surface area contributed by atoms with Crippen molar-refractivity contribution < 1.29 is 18.9 Å². The SMILES string of the molecule is Cc1cc(C)c(C)[cH-]1.Cc1cc(C)c(C)[cH-]1.[CH2]=[Zr]([Cl])[Cl]. The summed E-state index contributed by atoms with van der Waals surface area (Å²) < 4.78 is 3.37. The molecule has 0 bridgehead atoms. The van der Waals surface area contributed by atoms with Crippen LogP contribution in [0.15, 0.2) is 24.3 Å². The third kappa shape index (κ3) is 9.06. The second kappa shape index (κ2) is 9.88. The molecule has 0 aliphatic heterocycles. The van der Waals surface area contributed by atoms with Gasteiger partial charge in [-0.1, -0.05) is 41.5 Å². The van der Waals surface area contributed by atoms with Gasteiger partial charge in [0.1, 0.15) is 0 Å². The maximum absolute atomic E-state index is 5.13. The second-order valence-electron chi connectivity index (χ2n) is 5.14. The van der Waals surface area contributed by atoms with Crippen LogP contribution in [0.5, 0.6) is 0 Å². The van der Waals surface area contributed by atoms with E-state index in [0.717, 1.165) is 0 Å². The molecule has 20 heavy (non-hydrogen) atoms. The van der Waals surface area contributed by atoms with E-state index in [1.165, 1.54) is 33.4 Å². The van der Waals surface area contributed by atoms with E-state index < -0.39 is 18.9 Å². The second-order valence-corrected chi connectivity index (χ2v) is 13.3. The van der Waals surface area contributed by atoms with Gasteiger partial charge in [-0.15, -0.1) is 0 Å². The Morgan fingerprint density at radius 3 is 1.10 bits per heavy atom. The zero-order chi connectivity index (χ0) is 15.9. The minimum absolute atomic E-state index is 1.38. The van der Waals surface area contributed by atoms with Crippen LogP contribution in [0.3, 0.4) is 0 Å². The van der Waals surface area contributed by atoms with E-state index in [1.54, 1.807) is 0 Å². The molecule has 0 atom stereocenters. The molecule has 0 aromatic heterocycles. The van der Waals surface area contributed by atoms with Crippen molar-refractivity contribution in [1.82, 2.24) is 0 Å². The van der Waals surface area contributed by atoms with Crippen molar-refractivity contribution in [2.75, 3.05) is 0 Å². The number of aryl methyl sites for hydroxylation is 6. The van der Waals surface area contributed by atoms with Crippen molar-refractivity contribution in [2.45, 2.75) is 41.5 Å². The van der Waals surface area contributed by atoms with E-state index in [-0.39, 0.29) is 0 Å². The van der Waals surface area contributed by atoms with Crippen LogP contribution in [0.2, 0.25) is 0 Å². The van der Waals surface area contributed by atoms with Crippen LogP contribution in [0, 0.1) is 41.5 Å². The number of rotatable bonds is 0. The van der Waals surface area contributed by atoms with Gasteiger partial charge < -0.3 is 0 Å².